The lowest BCUT2D eigenvalue weighted by atomic mass is 10.0. The average molecular weight is 425 g/mol. The zero-order valence-electron chi connectivity index (χ0n) is 18.0. The highest BCUT2D eigenvalue weighted by molar-refractivity contribution is 5.99. The molecule has 0 spiro atoms. The predicted molar refractivity (Wildman–Crippen MR) is 120 cm³/mol. The van der Waals surface area contributed by atoms with Crippen LogP contribution in [0.4, 0.5) is 17.1 Å². The number of rotatable bonds is 9. The lowest BCUT2D eigenvalue weighted by Crippen LogP contribution is -2.37. The quantitative estimate of drug-likeness (QED) is 0.304. The van der Waals surface area contributed by atoms with Gasteiger partial charge < -0.3 is 25.5 Å². The number of carbonyl (C=O) groups is 1. The normalized spacial score (nSPS) is 13.0. The van der Waals surface area contributed by atoms with Gasteiger partial charge in [0.2, 0.25) is 0 Å². The molecule has 1 aromatic heterocycles. The molecule has 2 aromatic carbocycles. The van der Waals surface area contributed by atoms with Crippen LogP contribution in [-0.2, 0) is 0 Å². The van der Waals surface area contributed by atoms with E-state index in [1.54, 1.807) is 12.3 Å². The van der Waals surface area contributed by atoms with Crippen molar-refractivity contribution in [3.63, 3.8) is 0 Å². The van der Waals surface area contributed by atoms with Gasteiger partial charge in [-0.15, -0.1) is 0 Å². The van der Waals surface area contributed by atoms with Crippen molar-refractivity contribution in [1.82, 2.24) is 5.32 Å². The van der Waals surface area contributed by atoms with Crippen LogP contribution >= 0.6 is 0 Å². The third-order valence-electron chi connectivity index (χ3n) is 5.57. The number of para-hydroxylation sites is 1. The number of phenolic OH excluding ortho intramolecular Hbond substituents is 1. The molecule has 8 nitrogen and oxygen atoms in total. The van der Waals surface area contributed by atoms with Gasteiger partial charge in [-0.1, -0.05) is 26.8 Å². The molecular weight excluding hydrogens is 398 g/mol. The second-order valence-electron chi connectivity index (χ2n) is 7.51. The molecule has 1 unspecified atom stereocenters. The number of hydrogen-bond donors (Lipinski definition) is 4. The minimum absolute atomic E-state index is 0.0431. The van der Waals surface area contributed by atoms with Gasteiger partial charge >= 0.3 is 0 Å². The molecule has 2 atom stereocenters. The number of furan rings is 1. The van der Waals surface area contributed by atoms with Crippen LogP contribution in [-0.4, -0.2) is 18.1 Å². The van der Waals surface area contributed by atoms with Crippen molar-refractivity contribution in [3.8, 4) is 5.75 Å². The number of carbonyl (C=O) groups excluding carboxylic acids is 1. The van der Waals surface area contributed by atoms with Crippen LogP contribution in [0.3, 0.4) is 0 Å². The third kappa shape index (κ3) is 4.19. The summed E-state index contributed by atoms with van der Waals surface area (Å²) in [7, 11) is 1.45. The van der Waals surface area contributed by atoms with Gasteiger partial charge in [0.25, 0.3) is 16.8 Å². The van der Waals surface area contributed by atoms with E-state index in [4.69, 9.17) is 4.42 Å². The molecule has 0 aliphatic carbocycles. The predicted octanol–water partition coefficient (Wildman–Crippen LogP) is 3.76. The molecule has 0 aliphatic rings. The number of anilines is 3. The Hall–Kier alpha value is -3.55. The fourth-order valence-electron chi connectivity index (χ4n) is 3.34. The molecule has 0 saturated carbocycles. The SMILES string of the molecule is CCC(C)c1coc([C@@H](CC)Nc2c(Nc3cccc(C(=O)NC)c3O)c(=O)c2=O)c1. The van der Waals surface area contributed by atoms with Crippen LogP contribution in [0.15, 0.2) is 44.5 Å². The Kier molecular flexibility index (Phi) is 6.48. The first-order valence-electron chi connectivity index (χ1n) is 10.3. The fourth-order valence-corrected chi connectivity index (χ4v) is 3.34. The van der Waals surface area contributed by atoms with Crippen LogP contribution in [0.5, 0.6) is 5.75 Å². The Balaban J connectivity index is 1.87. The monoisotopic (exact) mass is 425 g/mol. The Morgan fingerprint density at radius 1 is 1.13 bits per heavy atom. The first-order chi connectivity index (χ1) is 14.8. The van der Waals surface area contributed by atoms with Crippen molar-refractivity contribution in [2.24, 2.45) is 0 Å². The van der Waals surface area contributed by atoms with Crippen molar-refractivity contribution < 1.29 is 14.3 Å². The van der Waals surface area contributed by atoms with E-state index >= 15 is 0 Å². The van der Waals surface area contributed by atoms with Crippen molar-refractivity contribution in [3.05, 3.63) is 67.9 Å². The molecule has 164 valence electrons. The molecule has 0 fully saturated rings. The molecule has 1 heterocycles. The summed E-state index contributed by atoms with van der Waals surface area (Å²) < 4.78 is 5.71. The van der Waals surface area contributed by atoms with Gasteiger partial charge in [-0.2, -0.15) is 0 Å². The van der Waals surface area contributed by atoms with E-state index in [1.165, 1.54) is 19.2 Å². The number of aromatic hydroxyl groups is 1. The number of hydrogen-bond acceptors (Lipinski definition) is 7. The maximum absolute atomic E-state index is 12.2. The standard InChI is InChI=1S/C23H27N3O5/c1-5-12(3)13-10-17(31-11-13)15(6-2)25-18-19(22(29)21(18)28)26-16-9-7-8-14(20(16)27)23(30)24-4/h7-12,15,25-27H,5-6H2,1-4H3,(H,24,30)/t12?,15-/m1/s1. The van der Waals surface area contributed by atoms with Gasteiger partial charge in [-0.05, 0) is 42.5 Å². The topological polar surface area (TPSA) is 121 Å². The number of amides is 1. The van der Waals surface area contributed by atoms with E-state index in [2.05, 4.69) is 29.8 Å². The van der Waals surface area contributed by atoms with Gasteiger partial charge in [0.15, 0.2) is 5.75 Å². The van der Waals surface area contributed by atoms with Crippen LogP contribution in [0.2, 0.25) is 0 Å². The average Bonchev–Trinajstić information content (AvgIpc) is 3.28. The molecule has 8 heteroatoms. The Morgan fingerprint density at radius 3 is 2.48 bits per heavy atom. The summed E-state index contributed by atoms with van der Waals surface area (Å²) in [6.45, 7) is 6.16. The van der Waals surface area contributed by atoms with E-state index < -0.39 is 16.8 Å². The minimum atomic E-state index is -0.693. The van der Waals surface area contributed by atoms with E-state index in [1.807, 2.05) is 13.0 Å². The van der Waals surface area contributed by atoms with Gasteiger partial charge in [-0.3, -0.25) is 14.4 Å². The molecule has 0 bridgehead atoms. The second kappa shape index (κ2) is 9.07. The van der Waals surface area contributed by atoms with Crippen molar-refractivity contribution in [2.45, 2.75) is 45.6 Å². The number of nitrogens with one attached hydrogen (secondary N) is 3. The molecule has 0 aliphatic heterocycles. The summed E-state index contributed by atoms with van der Waals surface area (Å²) in [5.41, 5.74) is 0.127. The van der Waals surface area contributed by atoms with Crippen LogP contribution < -0.4 is 26.8 Å². The van der Waals surface area contributed by atoms with Gasteiger partial charge in [0, 0.05) is 7.05 Å². The molecule has 31 heavy (non-hydrogen) atoms. The smallest absolute Gasteiger partial charge is 0.254 e. The van der Waals surface area contributed by atoms with Crippen molar-refractivity contribution >= 4 is 23.0 Å². The van der Waals surface area contributed by atoms with Crippen molar-refractivity contribution in [1.29, 1.82) is 0 Å². The van der Waals surface area contributed by atoms with E-state index in [-0.39, 0.29) is 34.4 Å². The Bertz CT molecular complexity index is 1160. The molecule has 3 rings (SSSR count). The summed E-state index contributed by atoms with van der Waals surface area (Å²) >= 11 is 0. The molecule has 0 saturated heterocycles. The van der Waals surface area contributed by atoms with E-state index in [9.17, 15) is 19.5 Å². The summed E-state index contributed by atoms with van der Waals surface area (Å²) in [6, 6.07) is 6.21. The molecule has 0 radical (unpaired) electrons. The first-order valence-corrected chi connectivity index (χ1v) is 10.3. The molecule has 4 N–H and O–H groups in total. The van der Waals surface area contributed by atoms with E-state index in [0.717, 1.165) is 12.0 Å². The zero-order chi connectivity index (χ0) is 22.7. The van der Waals surface area contributed by atoms with Crippen LogP contribution in [0.25, 0.3) is 0 Å². The highest BCUT2D eigenvalue weighted by Gasteiger charge is 2.26. The van der Waals surface area contributed by atoms with Crippen LogP contribution in [0, 0.1) is 0 Å². The zero-order valence-corrected chi connectivity index (χ0v) is 18.0. The summed E-state index contributed by atoms with van der Waals surface area (Å²) in [6.07, 6.45) is 3.33. The van der Waals surface area contributed by atoms with Crippen LogP contribution in [0.1, 0.15) is 67.3 Å². The largest absolute Gasteiger partial charge is 0.505 e. The Morgan fingerprint density at radius 2 is 1.84 bits per heavy atom. The summed E-state index contributed by atoms with van der Waals surface area (Å²) in [4.78, 5) is 36.3. The lowest BCUT2D eigenvalue weighted by Gasteiger charge is -2.20. The van der Waals surface area contributed by atoms with Gasteiger partial charge in [-0.25, -0.2) is 0 Å². The maximum Gasteiger partial charge on any atom is 0.254 e. The third-order valence-corrected chi connectivity index (χ3v) is 5.57. The first kappa shape index (κ1) is 22.1. The number of benzene rings is 1. The molecular formula is C23H27N3O5. The van der Waals surface area contributed by atoms with Gasteiger partial charge in [0.1, 0.15) is 17.1 Å². The number of phenols is 1. The van der Waals surface area contributed by atoms with E-state index in [0.29, 0.717) is 18.1 Å². The van der Waals surface area contributed by atoms with Crippen molar-refractivity contribution in [2.75, 3.05) is 17.7 Å². The molecule has 3 aromatic rings. The lowest BCUT2D eigenvalue weighted by molar-refractivity contribution is 0.0960. The molecule has 1 amide bonds. The summed E-state index contributed by atoms with van der Waals surface area (Å²) in [5.74, 6) is 0.262. The highest BCUT2D eigenvalue weighted by atomic mass is 16.3. The minimum Gasteiger partial charge on any atom is -0.505 e. The maximum atomic E-state index is 12.2. The summed E-state index contributed by atoms with van der Waals surface area (Å²) in [5, 5.41) is 18.7. The highest BCUT2D eigenvalue weighted by Crippen LogP contribution is 2.33. The second-order valence-corrected chi connectivity index (χ2v) is 7.51. The fraction of sp³-hybridized carbons (Fsp3) is 0.348. The Labute approximate surface area is 180 Å². The van der Waals surface area contributed by atoms with Gasteiger partial charge in [0.05, 0.1) is 23.6 Å².